The summed E-state index contributed by atoms with van der Waals surface area (Å²) in [6.45, 7) is 0. The Bertz CT molecular complexity index is 1310. The SMILES string of the molecule is O=C1NC(=S)N(c2cccc(Br)c2)C(=O)/C1=C/c1ccc(Oc2ccc([N+](=O)[O-])cn2)cc1. The minimum absolute atomic E-state index is 0.000374. The van der Waals surface area contributed by atoms with Crippen molar-refractivity contribution < 1.29 is 19.2 Å². The summed E-state index contributed by atoms with van der Waals surface area (Å²) in [6, 6.07) is 16.2. The van der Waals surface area contributed by atoms with Crippen LogP contribution in [0, 0.1) is 10.1 Å². The second-order valence-electron chi connectivity index (χ2n) is 6.72. The van der Waals surface area contributed by atoms with Crippen molar-refractivity contribution in [2.75, 3.05) is 4.90 Å². The molecule has 164 valence electrons. The van der Waals surface area contributed by atoms with E-state index < -0.39 is 16.7 Å². The molecule has 0 atom stereocenters. The van der Waals surface area contributed by atoms with Gasteiger partial charge < -0.3 is 4.74 Å². The number of nitro groups is 1. The smallest absolute Gasteiger partial charge is 0.287 e. The van der Waals surface area contributed by atoms with E-state index in [0.717, 1.165) is 10.7 Å². The number of hydrogen-bond donors (Lipinski definition) is 1. The molecular weight excluding hydrogens is 512 g/mol. The van der Waals surface area contributed by atoms with Crippen LogP contribution in [0.4, 0.5) is 11.4 Å². The van der Waals surface area contributed by atoms with Crippen LogP contribution in [0.1, 0.15) is 5.56 Å². The highest BCUT2D eigenvalue weighted by atomic mass is 79.9. The molecule has 1 N–H and O–H groups in total. The molecule has 0 bridgehead atoms. The highest BCUT2D eigenvalue weighted by Crippen LogP contribution is 2.26. The monoisotopic (exact) mass is 524 g/mol. The van der Waals surface area contributed by atoms with E-state index in [1.165, 1.54) is 23.1 Å². The largest absolute Gasteiger partial charge is 0.439 e. The minimum atomic E-state index is -0.591. The fraction of sp³-hybridized carbons (Fsp3) is 0. The number of carbonyl (C=O) groups is 2. The molecule has 0 aliphatic carbocycles. The lowest BCUT2D eigenvalue weighted by molar-refractivity contribution is -0.385. The van der Waals surface area contributed by atoms with E-state index in [1.54, 1.807) is 42.5 Å². The first-order valence-electron chi connectivity index (χ1n) is 9.37. The number of ether oxygens (including phenoxy) is 1. The topological polar surface area (TPSA) is 115 Å². The first-order chi connectivity index (χ1) is 15.8. The maximum Gasteiger partial charge on any atom is 0.287 e. The van der Waals surface area contributed by atoms with Crippen LogP contribution in [0.15, 0.2) is 76.9 Å². The molecule has 1 aliphatic rings. The number of hydrogen-bond acceptors (Lipinski definition) is 7. The molecule has 1 saturated heterocycles. The molecular formula is C22H13BrN4O5S. The van der Waals surface area contributed by atoms with Gasteiger partial charge in [-0.2, -0.15) is 0 Å². The van der Waals surface area contributed by atoms with E-state index in [4.69, 9.17) is 17.0 Å². The fourth-order valence-electron chi connectivity index (χ4n) is 2.97. The third kappa shape index (κ3) is 4.94. The van der Waals surface area contributed by atoms with Gasteiger partial charge in [-0.05, 0) is 54.2 Å². The summed E-state index contributed by atoms with van der Waals surface area (Å²) in [5.74, 6) is -0.523. The van der Waals surface area contributed by atoms with Gasteiger partial charge in [-0.3, -0.25) is 29.9 Å². The zero-order valence-electron chi connectivity index (χ0n) is 16.6. The summed E-state index contributed by atoms with van der Waals surface area (Å²) in [4.78, 5) is 40.8. The van der Waals surface area contributed by atoms with Crippen molar-refractivity contribution in [3.05, 3.63) is 92.6 Å². The number of thiocarbonyl (C=S) groups is 1. The Labute approximate surface area is 201 Å². The molecule has 1 aromatic heterocycles. The highest BCUT2D eigenvalue weighted by Gasteiger charge is 2.34. The van der Waals surface area contributed by atoms with Crippen molar-refractivity contribution in [3.8, 4) is 11.6 Å². The predicted molar refractivity (Wildman–Crippen MR) is 128 cm³/mol. The summed E-state index contributed by atoms with van der Waals surface area (Å²) in [5.41, 5.74) is 0.884. The first-order valence-corrected chi connectivity index (χ1v) is 10.6. The van der Waals surface area contributed by atoms with Gasteiger partial charge in [-0.25, -0.2) is 4.98 Å². The van der Waals surface area contributed by atoms with E-state index in [2.05, 4.69) is 26.2 Å². The summed E-state index contributed by atoms with van der Waals surface area (Å²) >= 11 is 8.56. The summed E-state index contributed by atoms with van der Waals surface area (Å²) < 4.78 is 6.33. The zero-order chi connectivity index (χ0) is 23.5. The van der Waals surface area contributed by atoms with Crippen LogP contribution in [0.5, 0.6) is 11.6 Å². The summed E-state index contributed by atoms with van der Waals surface area (Å²) in [5, 5.41) is 13.2. The summed E-state index contributed by atoms with van der Waals surface area (Å²) in [6.07, 6.45) is 2.56. The van der Waals surface area contributed by atoms with Gasteiger partial charge >= 0.3 is 0 Å². The van der Waals surface area contributed by atoms with Crippen LogP contribution in [-0.2, 0) is 9.59 Å². The van der Waals surface area contributed by atoms with Gasteiger partial charge in [-0.1, -0.05) is 34.1 Å². The average molecular weight is 525 g/mol. The molecule has 0 radical (unpaired) electrons. The van der Waals surface area contributed by atoms with Crippen molar-refractivity contribution in [3.63, 3.8) is 0 Å². The first kappa shape index (κ1) is 22.2. The standard InChI is InChI=1S/C22H13BrN4O5S/c23-14-2-1-3-15(11-14)26-21(29)18(20(28)25-22(26)33)10-13-4-7-17(8-5-13)32-19-9-6-16(12-24-19)27(30)31/h1-12H,(H,25,28,33)/b18-10+. The average Bonchev–Trinajstić information content (AvgIpc) is 2.78. The lowest BCUT2D eigenvalue weighted by atomic mass is 10.1. The number of anilines is 1. The van der Waals surface area contributed by atoms with E-state index >= 15 is 0 Å². The molecule has 1 aliphatic heterocycles. The fourth-order valence-corrected chi connectivity index (χ4v) is 3.64. The van der Waals surface area contributed by atoms with Crippen LogP contribution in [0.25, 0.3) is 6.08 Å². The predicted octanol–water partition coefficient (Wildman–Crippen LogP) is 4.38. The third-order valence-corrected chi connectivity index (χ3v) is 5.29. The van der Waals surface area contributed by atoms with Gasteiger partial charge in [0.25, 0.3) is 17.5 Å². The van der Waals surface area contributed by atoms with Crippen molar-refractivity contribution >= 4 is 62.5 Å². The molecule has 2 amide bonds. The number of pyridine rings is 1. The second kappa shape index (κ2) is 9.27. The number of nitrogens with zero attached hydrogens (tertiary/aromatic N) is 3. The molecule has 2 heterocycles. The molecule has 1 fully saturated rings. The third-order valence-electron chi connectivity index (χ3n) is 4.51. The van der Waals surface area contributed by atoms with Crippen molar-refractivity contribution in [2.24, 2.45) is 0 Å². The molecule has 33 heavy (non-hydrogen) atoms. The molecule has 3 aromatic rings. The van der Waals surface area contributed by atoms with Gasteiger partial charge in [0, 0.05) is 16.6 Å². The van der Waals surface area contributed by atoms with Gasteiger partial charge in [-0.15, -0.1) is 0 Å². The molecule has 0 spiro atoms. The van der Waals surface area contributed by atoms with Crippen molar-refractivity contribution in [2.45, 2.75) is 0 Å². The number of nitrogens with one attached hydrogen (secondary N) is 1. The molecule has 0 unspecified atom stereocenters. The van der Waals surface area contributed by atoms with Crippen LogP contribution in [-0.4, -0.2) is 26.8 Å². The van der Waals surface area contributed by atoms with Crippen LogP contribution >= 0.6 is 28.1 Å². The van der Waals surface area contributed by atoms with Crippen LogP contribution in [0.2, 0.25) is 0 Å². The second-order valence-corrected chi connectivity index (χ2v) is 8.02. The number of carbonyl (C=O) groups excluding carboxylic acids is 2. The van der Waals surface area contributed by atoms with Crippen LogP contribution < -0.4 is 15.0 Å². The van der Waals surface area contributed by atoms with Gasteiger partial charge in [0.2, 0.25) is 5.88 Å². The minimum Gasteiger partial charge on any atom is -0.439 e. The van der Waals surface area contributed by atoms with E-state index in [0.29, 0.717) is 17.0 Å². The number of halogens is 1. The lowest BCUT2D eigenvalue weighted by Crippen LogP contribution is -2.54. The Hall–Kier alpha value is -3.96. The quantitative estimate of drug-likeness (QED) is 0.173. The highest BCUT2D eigenvalue weighted by molar-refractivity contribution is 9.10. The van der Waals surface area contributed by atoms with Crippen molar-refractivity contribution in [1.29, 1.82) is 0 Å². The Morgan fingerprint density at radius 2 is 1.88 bits per heavy atom. The number of rotatable bonds is 5. The number of benzene rings is 2. The maximum absolute atomic E-state index is 13.1. The van der Waals surface area contributed by atoms with Crippen LogP contribution in [0.3, 0.4) is 0 Å². The zero-order valence-corrected chi connectivity index (χ0v) is 19.0. The van der Waals surface area contributed by atoms with Gasteiger partial charge in [0.1, 0.15) is 17.5 Å². The van der Waals surface area contributed by atoms with Gasteiger partial charge in [0.05, 0.1) is 10.6 Å². The van der Waals surface area contributed by atoms with E-state index in [-0.39, 0.29) is 22.3 Å². The number of aromatic nitrogens is 1. The van der Waals surface area contributed by atoms with Gasteiger partial charge in [0.15, 0.2) is 5.11 Å². The Morgan fingerprint density at radius 1 is 1.12 bits per heavy atom. The molecule has 2 aromatic carbocycles. The number of amides is 2. The summed E-state index contributed by atoms with van der Waals surface area (Å²) in [7, 11) is 0. The Balaban J connectivity index is 1.54. The molecule has 4 rings (SSSR count). The van der Waals surface area contributed by atoms with Crippen molar-refractivity contribution in [1.82, 2.24) is 10.3 Å². The lowest BCUT2D eigenvalue weighted by Gasteiger charge is -2.29. The maximum atomic E-state index is 13.1. The molecule has 9 nitrogen and oxygen atoms in total. The van der Waals surface area contributed by atoms with E-state index in [9.17, 15) is 19.7 Å². The Morgan fingerprint density at radius 3 is 2.52 bits per heavy atom. The Kier molecular flexibility index (Phi) is 6.24. The van der Waals surface area contributed by atoms with E-state index in [1.807, 2.05) is 6.07 Å². The molecule has 0 saturated carbocycles. The normalized spacial score (nSPS) is 14.9. The molecule has 11 heteroatoms.